The third-order valence-electron chi connectivity index (χ3n) is 2.54. The van der Waals surface area contributed by atoms with Gasteiger partial charge in [0.2, 0.25) is 0 Å². The predicted molar refractivity (Wildman–Crippen MR) is 75.5 cm³/mol. The maximum absolute atomic E-state index is 12.0. The number of rotatable bonds is 5. The summed E-state index contributed by atoms with van der Waals surface area (Å²) < 4.78 is 5.19. The van der Waals surface area contributed by atoms with Gasteiger partial charge in [-0.15, -0.1) is 11.3 Å². The van der Waals surface area contributed by atoms with Crippen molar-refractivity contribution in [2.75, 3.05) is 20.2 Å². The van der Waals surface area contributed by atoms with Crippen molar-refractivity contribution in [2.45, 2.75) is 0 Å². The zero-order valence-corrected chi connectivity index (χ0v) is 11.4. The standard InChI is InChI=1S/C13H15N3O2S/c1-18-10-4-2-3-9(7-10)12-11(16-8-19-12)13(17)15-6-5-14/h2-4,7-8H,5-6,14H2,1H3,(H,15,17). The van der Waals surface area contributed by atoms with E-state index in [1.54, 1.807) is 12.6 Å². The first kappa shape index (κ1) is 13.5. The van der Waals surface area contributed by atoms with Gasteiger partial charge in [-0.3, -0.25) is 4.79 Å². The summed E-state index contributed by atoms with van der Waals surface area (Å²) in [5, 5.41) is 2.72. The normalized spacial score (nSPS) is 10.2. The van der Waals surface area contributed by atoms with Gasteiger partial charge >= 0.3 is 0 Å². The predicted octanol–water partition coefficient (Wildman–Crippen LogP) is 1.51. The molecule has 1 aromatic heterocycles. The Morgan fingerprint density at radius 1 is 1.53 bits per heavy atom. The summed E-state index contributed by atoms with van der Waals surface area (Å²) in [6.45, 7) is 0.846. The number of benzene rings is 1. The highest BCUT2D eigenvalue weighted by Gasteiger charge is 2.16. The number of carbonyl (C=O) groups is 1. The number of methoxy groups -OCH3 is 1. The Morgan fingerprint density at radius 3 is 3.11 bits per heavy atom. The molecule has 100 valence electrons. The van der Waals surface area contributed by atoms with Crippen molar-refractivity contribution >= 4 is 17.2 Å². The number of hydrogen-bond donors (Lipinski definition) is 2. The van der Waals surface area contributed by atoms with Gasteiger partial charge in [0, 0.05) is 13.1 Å². The molecule has 0 unspecified atom stereocenters. The van der Waals surface area contributed by atoms with Crippen LogP contribution < -0.4 is 15.8 Å². The number of ether oxygens (including phenoxy) is 1. The minimum Gasteiger partial charge on any atom is -0.497 e. The highest BCUT2D eigenvalue weighted by Crippen LogP contribution is 2.30. The van der Waals surface area contributed by atoms with Crippen LogP contribution in [0, 0.1) is 0 Å². The summed E-state index contributed by atoms with van der Waals surface area (Å²) >= 11 is 1.42. The molecule has 2 rings (SSSR count). The van der Waals surface area contributed by atoms with E-state index < -0.39 is 0 Å². The number of carbonyl (C=O) groups excluding carboxylic acids is 1. The molecule has 0 aliphatic rings. The Labute approximate surface area is 115 Å². The highest BCUT2D eigenvalue weighted by molar-refractivity contribution is 7.13. The van der Waals surface area contributed by atoms with E-state index in [0.29, 0.717) is 18.8 Å². The molecule has 0 spiro atoms. The SMILES string of the molecule is COc1cccc(-c2scnc2C(=O)NCCN)c1. The molecule has 1 amide bonds. The zero-order valence-electron chi connectivity index (χ0n) is 10.6. The van der Waals surface area contributed by atoms with Gasteiger partial charge < -0.3 is 15.8 Å². The molecular weight excluding hydrogens is 262 g/mol. The molecule has 0 atom stereocenters. The summed E-state index contributed by atoms with van der Waals surface area (Å²) in [4.78, 5) is 16.9. The van der Waals surface area contributed by atoms with Crippen molar-refractivity contribution in [3.05, 3.63) is 35.5 Å². The van der Waals surface area contributed by atoms with Crippen LogP contribution in [0.1, 0.15) is 10.5 Å². The molecule has 3 N–H and O–H groups in total. The average molecular weight is 277 g/mol. The van der Waals surface area contributed by atoms with Crippen LogP contribution in [-0.4, -0.2) is 31.1 Å². The summed E-state index contributed by atoms with van der Waals surface area (Å²) in [5.74, 6) is 0.545. The second kappa shape index (κ2) is 6.31. The Morgan fingerprint density at radius 2 is 2.37 bits per heavy atom. The van der Waals surface area contributed by atoms with Gasteiger partial charge in [-0.2, -0.15) is 0 Å². The molecular formula is C13H15N3O2S. The fraction of sp³-hybridized carbons (Fsp3) is 0.231. The van der Waals surface area contributed by atoms with Crippen molar-refractivity contribution in [3.63, 3.8) is 0 Å². The van der Waals surface area contributed by atoms with E-state index in [-0.39, 0.29) is 5.91 Å². The lowest BCUT2D eigenvalue weighted by atomic mass is 10.1. The van der Waals surface area contributed by atoms with Crippen molar-refractivity contribution in [2.24, 2.45) is 5.73 Å². The lowest BCUT2D eigenvalue weighted by Gasteiger charge is -2.05. The van der Waals surface area contributed by atoms with Crippen LogP contribution >= 0.6 is 11.3 Å². The summed E-state index contributed by atoms with van der Waals surface area (Å²) in [6.07, 6.45) is 0. The number of nitrogens with one attached hydrogen (secondary N) is 1. The Balaban J connectivity index is 2.30. The number of aromatic nitrogens is 1. The monoisotopic (exact) mass is 277 g/mol. The fourth-order valence-electron chi connectivity index (χ4n) is 1.65. The smallest absolute Gasteiger partial charge is 0.271 e. The first-order chi connectivity index (χ1) is 9.26. The summed E-state index contributed by atoms with van der Waals surface area (Å²) in [6, 6.07) is 7.55. The van der Waals surface area contributed by atoms with Crippen LogP contribution in [0.25, 0.3) is 10.4 Å². The van der Waals surface area contributed by atoms with E-state index in [1.807, 2.05) is 24.3 Å². The average Bonchev–Trinajstić information content (AvgIpc) is 2.94. The van der Waals surface area contributed by atoms with Crippen molar-refractivity contribution in [3.8, 4) is 16.2 Å². The van der Waals surface area contributed by atoms with Crippen LogP contribution in [0.5, 0.6) is 5.75 Å². The maximum Gasteiger partial charge on any atom is 0.271 e. The first-order valence-corrected chi connectivity index (χ1v) is 6.70. The number of thiazole rings is 1. The molecule has 19 heavy (non-hydrogen) atoms. The van der Waals surface area contributed by atoms with Gasteiger partial charge in [0.25, 0.3) is 5.91 Å². The van der Waals surface area contributed by atoms with Crippen LogP contribution in [-0.2, 0) is 0 Å². The summed E-state index contributed by atoms with van der Waals surface area (Å²) in [7, 11) is 1.61. The minimum atomic E-state index is -0.204. The Kier molecular flexibility index (Phi) is 4.48. The van der Waals surface area contributed by atoms with E-state index in [9.17, 15) is 4.79 Å². The second-order valence-corrected chi connectivity index (χ2v) is 4.66. The van der Waals surface area contributed by atoms with Gasteiger partial charge in [0.15, 0.2) is 0 Å². The zero-order chi connectivity index (χ0) is 13.7. The topological polar surface area (TPSA) is 77.2 Å². The third kappa shape index (κ3) is 3.10. The van der Waals surface area contributed by atoms with E-state index in [2.05, 4.69) is 10.3 Å². The van der Waals surface area contributed by atoms with Crippen molar-refractivity contribution in [1.82, 2.24) is 10.3 Å². The molecule has 0 aliphatic carbocycles. The molecule has 0 bridgehead atoms. The molecule has 0 saturated heterocycles. The van der Waals surface area contributed by atoms with Gasteiger partial charge in [-0.1, -0.05) is 12.1 Å². The molecule has 0 radical (unpaired) electrons. The lowest BCUT2D eigenvalue weighted by Crippen LogP contribution is -2.29. The van der Waals surface area contributed by atoms with Crippen LogP contribution in [0.15, 0.2) is 29.8 Å². The number of nitrogens with zero attached hydrogens (tertiary/aromatic N) is 1. The fourth-order valence-corrected chi connectivity index (χ4v) is 2.43. The van der Waals surface area contributed by atoms with E-state index in [0.717, 1.165) is 16.2 Å². The Hall–Kier alpha value is -1.92. The highest BCUT2D eigenvalue weighted by atomic mass is 32.1. The molecule has 5 nitrogen and oxygen atoms in total. The molecule has 6 heteroatoms. The molecule has 1 aromatic carbocycles. The van der Waals surface area contributed by atoms with Gasteiger partial charge in [0.1, 0.15) is 11.4 Å². The molecule has 0 saturated carbocycles. The van der Waals surface area contributed by atoms with Gasteiger partial charge in [-0.25, -0.2) is 4.98 Å². The maximum atomic E-state index is 12.0. The first-order valence-electron chi connectivity index (χ1n) is 5.82. The lowest BCUT2D eigenvalue weighted by molar-refractivity contribution is 0.0951. The molecule has 0 aliphatic heterocycles. The number of nitrogens with two attached hydrogens (primary N) is 1. The van der Waals surface area contributed by atoms with Crippen LogP contribution in [0.4, 0.5) is 0 Å². The van der Waals surface area contributed by atoms with Crippen molar-refractivity contribution in [1.29, 1.82) is 0 Å². The van der Waals surface area contributed by atoms with E-state index >= 15 is 0 Å². The van der Waals surface area contributed by atoms with Gasteiger partial charge in [0.05, 0.1) is 17.5 Å². The van der Waals surface area contributed by atoms with Crippen LogP contribution in [0.3, 0.4) is 0 Å². The second-order valence-electron chi connectivity index (χ2n) is 3.81. The summed E-state index contributed by atoms with van der Waals surface area (Å²) in [5.41, 5.74) is 8.37. The minimum absolute atomic E-state index is 0.204. The number of hydrogen-bond acceptors (Lipinski definition) is 5. The van der Waals surface area contributed by atoms with Gasteiger partial charge in [-0.05, 0) is 17.7 Å². The Bertz CT molecular complexity index is 569. The largest absolute Gasteiger partial charge is 0.497 e. The van der Waals surface area contributed by atoms with E-state index in [4.69, 9.17) is 10.5 Å². The van der Waals surface area contributed by atoms with Crippen LogP contribution in [0.2, 0.25) is 0 Å². The number of amides is 1. The van der Waals surface area contributed by atoms with Crippen molar-refractivity contribution < 1.29 is 9.53 Å². The molecule has 1 heterocycles. The molecule has 0 fully saturated rings. The quantitative estimate of drug-likeness (QED) is 0.868. The molecule has 2 aromatic rings. The third-order valence-corrected chi connectivity index (χ3v) is 3.42. The van der Waals surface area contributed by atoms with E-state index in [1.165, 1.54) is 11.3 Å².